The monoisotopic (exact) mass is 362 g/mol. The third-order valence-electron chi connectivity index (χ3n) is 3.17. The summed E-state index contributed by atoms with van der Waals surface area (Å²) in [6.07, 6.45) is 0. The minimum absolute atomic E-state index is 0.0886. The van der Waals surface area contributed by atoms with Gasteiger partial charge >= 0.3 is 11.9 Å². The van der Waals surface area contributed by atoms with E-state index in [4.69, 9.17) is 9.47 Å². The molecule has 0 amide bonds. The number of ether oxygens (including phenoxy) is 2. The highest BCUT2D eigenvalue weighted by molar-refractivity contribution is 5.90. The second-order valence-electron chi connectivity index (χ2n) is 4.98. The summed E-state index contributed by atoms with van der Waals surface area (Å²) < 4.78 is 37.5. The molecule has 8 heteroatoms. The van der Waals surface area contributed by atoms with Crippen LogP contribution in [0.1, 0.15) is 34.6 Å². The lowest BCUT2D eigenvalue weighted by Gasteiger charge is -2.04. The average molecular weight is 362 g/mol. The molecule has 0 aliphatic carbocycles. The van der Waals surface area contributed by atoms with Crippen molar-refractivity contribution >= 4 is 23.3 Å². The van der Waals surface area contributed by atoms with E-state index in [2.05, 4.69) is 10.2 Å². The van der Waals surface area contributed by atoms with Crippen LogP contribution in [-0.2, 0) is 9.47 Å². The standard InChI is InChI=1S/C18H16F2N2O4/c1-3-25-17(23)11-5-7-13(8-6-11)21-22-16-14(19)9-12(10-15(16)20)18(24)26-4-2/h5-10H,3-4H2,1-2H3. The van der Waals surface area contributed by atoms with Gasteiger partial charge in [-0.2, -0.15) is 5.11 Å². The van der Waals surface area contributed by atoms with Crippen LogP contribution in [-0.4, -0.2) is 25.2 Å². The van der Waals surface area contributed by atoms with E-state index >= 15 is 0 Å². The second kappa shape index (κ2) is 8.80. The van der Waals surface area contributed by atoms with Gasteiger partial charge in [0.05, 0.1) is 30.0 Å². The number of hydrogen-bond donors (Lipinski definition) is 0. The van der Waals surface area contributed by atoms with Gasteiger partial charge in [-0.15, -0.1) is 5.11 Å². The maximum absolute atomic E-state index is 14.0. The molecule has 2 aromatic carbocycles. The summed E-state index contributed by atoms with van der Waals surface area (Å²) >= 11 is 0. The summed E-state index contributed by atoms with van der Waals surface area (Å²) in [6, 6.07) is 7.50. The van der Waals surface area contributed by atoms with Crippen molar-refractivity contribution in [3.8, 4) is 0 Å². The van der Waals surface area contributed by atoms with Gasteiger partial charge in [0, 0.05) is 0 Å². The summed E-state index contributed by atoms with van der Waals surface area (Å²) in [7, 11) is 0. The SMILES string of the molecule is CCOC(=O)c1ccc(N=Nc2c(F)cc(C(=O)OCC)cc2F)cc1. The second-order valence-corrected chi connectivity index (χ2v) is 4.98. The molecule has 2 rings (SSSR count). The molecule has 0 radical (unpaired) electrons. The zero-order valence-electron chi connectivity index (χ0n) is 14.2. The summed E-state index contributed by atoms with van der Waals surface area (Å²) in [5.74, 6) is -3.40. The van der Waals surface area contributed by atoms with Crippen molar-refractivity contribution in [3.63, 3.8) is 0 Å². The van der Waals surface area contributed by atoms with Crippen LogP contribution in [0.3, 0.4) is 0 Å². The van der Waals surface area contributed by atoms with Crippen molar-refractivity contribution in [3.05, 3.63) is 59.2 Å². The Bertz CT molecular complexity index is 813. The van der Waals surface area contributed by atoms with E-state index in [0.29, 0.717) is 5.56 Å². The van der Waals surface area contributed by atoms with E-state index in [1.165, 1.54) is 24.3 Å². The molecule has 0 fully saturated rings. The van der Waals surface area contributed by atoms with Gasteiger partial charge in [0.15, 0.2) is 17.3 Å². The molecule has 0 atom stereocenters. The van der Waals surface area contributed by atoms with Crippen LogP contribution in [0.5, 0.6) is 0 Å². The number of carbonyl (C=O) groups is 2. The fourth-order valence-corrected chi connectivity index (χ4v) is 1.98. The van der Waals surface area contributed by atoms with Crippen molar-refractivity contribution in [1.82, 2.24) is 0 Å². The first-order valence-corrected chi connectivity index (χ1v) is 7.81. The van der Waals surface area contributed by atoms with Gasteiger partial charge in [-0.3, -0.25) is 0 Å². The van der Waals surface area contributed by atoms with Crippen LogP contribution in [0.25, 0.3) is 0 Å². The summed E-state index contributed by atoms with van der Waals surface area (Å²) in [4.78, 5) is 23.1. The van der Waals surface area contributed by atoms with Gasteiger partial charge in [-0.25, -0.2) is 18.4 Å². The van der Waals surface area contributed by atoms with E-state index in [0.717, 1.165) is 12.1 Å². The van der Waals surface area contributed by atoms with Crippen molar-refractivity contribution in [2.75, 3.05) is 13.2 Å². The number of halogens is 2. The predicted molar refractivity (Wildman–Crippen MR) is 88.9 cm³/mol. The highest BCUT2D eigenvalue weighted by atomic mass is 19.1. The van der Waals surface area contributed by atoms with Gasteiger partial charge < -0.3 is 9.47 Å². The van der Waals surface area contributed by atoms with Gasteiger partial charge in [0.1, 0.15) is 0 Å². The fraction of sp³-hybridized carbons (Fsp3) is 0.222. The van der Waals surface area contributed by atoms with Crippen molar-refractivity contribution in [1.29, 1.82) is 0 Å². The van der Waals surface area contributed by atoms with Crippen LogP contribution in [0.15, 0.2) is 46.6 Å². The van der Waals surface area contributed by atoms with Crippen LogP contribution in [0.4, 0.5) is 20.2 Å². The number of benzene rings is 2. The molecule has 0 saturated heterocycles. The smallest absolute Gasteiger partial charge is 0.338 e. The van der Waals surface area contributed by atoms with Crippen molar-refractivity contribution < 1.29 is 27.8 Å². The Hall–Kier alpha value is -3.16. The molecule has 0 aliphatic heterocycles. The van der Waals surface area contributed by atoms with E-state index in [-0.39, 0.29) is 24.5 Å². The quantitative estimate of drug-likeness (QED) is 0.550. The van der Waals surface area contributed by atoms with Crippen LogP contribution < -0.4 is 0 Å². The highest BCUT2D eigenvalue weighted by Gasteiger charge is 2.16. The fourth-order valence-electron chi connectivity index (χ4n) is 1.98. The highest BCUT2D eigenvalue weighted by Crippen LogP contribution is 2.26. The maximum Gasteiger partial charge on any atom is 0.338 e. The van der Waals surface area contributed by atoms with Crippen LogP contribution in [0.2, 0.25) is 0 Å². The Morgan fingerprint density at radius 3 is 1.85 bits per heavy atom. The van der Waals surface area contributed by atoms with Gasteiger partial charge in [0.25, 0.3) is 0 Å². The van der Waals surface area contributed by atoms with Crippen LogP contribution in [0, 0.1) is 11.6 Å². The maximum atomic E-state index is 14.0. The molecule has 136 valence electrons. The number of carbonyl (C=O) groups excluding carboxylic acids is 2. The first kappa shape index (κ1) is 19.2. The third kappa shape index (κ3) is 4.69. The number of esters is 2. The Morgan fingerprint density at radius 1 is 0.846 bits per heavy atom. The molecular weight excluding hydrogens is 346 g/mol. The Labute approximate surface area is 148 Å². The number of hydrogen-bond acceptors (Lipinski definition) is 6. The Balaban J connectivity index is 2.20. The first-order valence-electron chi connectivity index (χ1n) is 7.81. The molecule has 0 unspecified atom stereocenters. The lowest BCUT2D eigenvalue weighted by molar-refractivity contribution is 0.0516. The topological polar surface area (TPSA) is 77.3 Å². The van der Waals surface area contributed by atoms with E-state index < -0.39 is 29.3 Å². The number of rotatable bonds is 6. The molecule has 0 spiro atoms. The molecular formula is C18H16F2N2O4. The zero-order valence-corrected chi connectivity index (χ0v) is 14.2. The van der Waals surface area contributed by atoms with Crippen molar-refractivity contribution in [2.45, 2.75) is 13.8 Å². The van der Waals surface area contributed by atoms with Gasteiger partial charge in [-0.1, -0.05) is 0 Å². The molecule has 0 N–H and O–H groups in total. The van der Waals surface area contributed by atoms with Gasteiger partial charge in [0.2, 0.25) is 0 Å². The predicted octanol–water partition coefficient (Wildman–Crippen LogP) is 4.73. The molecule has 2 aromatic rings. The molecule has 0 aromatic heterocycles. The molecule has 26 heavy (non-hydrogen) atoms. The molecule has 6 nitrogen and oxygen atoms in total. The number of nitrogens with zero attached hydrogens (tertiary/aromatic N) is 2. The lowest BCUT2D eigenvalue weighted by atomic mass is 10.2. The third-order valence-corrected chi connectivity index (χ3v) is 3.17. The van der Waals surface area contributed by atoms with Crippen LogP contribution >= 0.6 is 0 Å². The first-order chi connectivity index (χ1) is 12.5. The Kier molecular flexibility index (Phi) is 6.48. The van der Waals surface area contributed by atoms with E-state index in [1.807, 2.05) is 0 Å². The minimum atomic E-state index is -1.04. The minimum Gasteiger partial charge on any atom is -0.462 e. The van der Waals surface area contributed by atoms with Gasteiger partial charge in [-0.05, 0) is 50.2 Å². The molecule has 0 bridgehead atoms. The molecule has 0 aliphatic rings. The molecule has 0 saturated carbocycles. The average Bonchev–Trinajstić information content (AvgIpc) is 2.61. The Morgan fingerprint density at radius 2 is 1.35 bits per heavy atom. The zero-order chi connectivity index (χ0) is 19.1. The summed E-state index contributed by atoms with van der Waals surface area (Å²) in [5.41, 5.74) is -0.277. The lowest BCUT2D eigenvalue weighted by Crippen LogP contribution is -2.05. The van der Waals surface area contributed by atoms with E-state index in [9.17, 15) is 18.4 Å². The normalized spacial score (nSPS) is 10.8. The molecule has 0 heterocycles. The van der Waals surface area contributed by atoms with E-state index in [1.54, 1.807) is 13.8 Å². The van der Waals surface area contributed by atoms with Crippen molar-refractivity contribution in [2.24, 2.45) is 10.2 Å². The summed E-state index contributed by atoms with van der Waals surface area (Å²) in [6.45, 7) is 3.61. The largest absolute Gasteiger partial charge is 0.462 e. The summed E-state index contributed by atoms with van der Waals surface area (Å²) in [5, 5.41) is 7.27. The number of azo groups is 1.